The van der Waals surface area contributed by atoms with Crippen LogP contribution in [0.2, 0.25) is 0 Å². The van der Waals surface area contributed by atoms with Crippen LogP contribution in [-0.4, -0.2) is 18.0 Å². The average Bonchev–Trinajstić information content (AvgIpc) is 2.57. The van der Waals surface area contributed by atoms with E-state index in [1.807, 2.05) is 20.8 Å². The molecule has 0 radical (unpaired) electrons. The number of rotatable bonds is 2. The van der Waals surface area contributed by atoms with Crippen LogP contribution < -0.4 is 9.47 Å². The lowest BCUT2D eigenvalue weighted by Crippen LogP contribution is -2.23. The fourth-order valence-electron chi connectivity index (χ4n) is 1.39. The van der Waals surface area contributed by atoms with Gasteiger partial charge in [-0.1, -0.05) is 39.0 Å². The molecule has 3 nitrogen and oxygen atoms in total. The largest absolute Gasteiger partial charge is 0.454 e. The summed E-state index contributed by atoms with van der Waals surface area (Å²) in [6.07, 6.45) is 2.95. The Morgan fingerprint density at radius 1 is 1.35 bits per heavy atom. The average molecular weight is 236 g/mol. The van der Waals surface area contributed by atoms with Crippen molar-refractivity contribution in [2.24, 2.45) is 5.41 Å². The second kappa shape index (κ2) is 4.41. The van der Waals surface area contributed by atoms with Crippen LogP contribution in [0.25, 0.3) is 6.08 Å². The Morgan fingerprint density at radius 2 is 2.06 bits per heavy atom. The van der Waals surface area contributed by atoms with Crippen LogP contribution in [-0.2, 0) is 0 Å². The van der Waals surface area contributed by atoms with E-state index in [1.54, 1.807) is 30.4 Å². The molecule has 1 aliphatic rings. The molecule has 0 bridgehead atoms. The topological polar surface area (TPSA) is 38.7 Å². The van der Waals surface area contributed by atoms with Crippen molar-refractivity contribution in [1.29, 1.82) is 0 Å². The zero-order valence-electron chi connectivity index (χ0n) is 12.2. The lowest BCUT2D eigenvalue weighted by atomic mass is 9.89. The normalized spacial score (nSPS) is 21.2. The summed E-state index contributed by atoms with van der Waals surface area (Å²) in [5.74, 6) is 0.760. The summed E-state index contributed by atoms with van der Waals surface area (Å²) >= 11 is 0. The summed E-state index contributed by atoms with van der Waals surface area (Å²) in [7, 11) is 0. The molecule has 0 aliphatic carbocycles. The van der Waals surface area contributed by atoms with E-state index in [0.717, 1.165) is 5.56 Å². The van der Waals surface area contributed by atoms with Crippen LogP contribution in [0.1, 0.15) is 29.1 Å². The zero-order chi connectivity index (χ0) is 14.3. The Bertz CT molecular complexity index is 504. The summed E-state index contributed by atoms with van der Waals surface area (Å²) in [4.78, 5) is 0. The van der Waals surface area contributed by atoms with Crippen LogP contribution in [0.3, 0.4) is 0 Å². The minimum Gasteiger partial charge on any atom is -0.454 e. The Labute approximate surface area is 104 Å². The second-order valence-corrected chi connectivity index (χ2v) is 5.16. The minimum atomic E-state index is -2.10. The van der Waals surface area contributed by atoms with Gasteiger partial charge >= 0.3 is 0 Å². The van der Waals surface area contributed by atoms with Gasteiger partial charge in [0, 0.05) is 0 Å². The van der Waals surface area contributed by atoms with E-state index < -0.39 is 12.8 Å². The van der Waals surface area contributed by atoms with Crippen molar-refractivity contribution >= 4 is 6.08 Å². The number of fused-ring (bicyclic) bond motifs is 1. The van der Waals surface area contributed by atoms with E-state index in [4.69, 9.17) is 12.2 Å². The summed E-state index contributed by atoms with van der Waals surface area (Å²) in [5.41, 5.74) is 0.605. The summed E-state index contributed by atoms with van der Waals surface area (Å²) in [6, 6.07) is 5.13. The monoisotopic (exact) mass is 236 g/mol. The van der Waals surface area contributed by atoms with Gasteiger partial charge in [0.25, 0.3) is 0 Å². The molecule has 1 aliphatic heterocycles. The summed E-state index contributed by atoms with van der Waals surface area (Å²) in [5, 5.41) is 9.92. The van der Waals surface area contributed by atoms with E-state index >= 15 is 0 Å². The molecule has 0 spiro atoms. The van der Waals surface area contributed by atoms with Crippen molar-refractivity contribution in [3.05, 3.63) is 29.8 Å². The molecule has 92 valence electrons. The van der Waals surface area contributed by atoms with Crippen LogP contribution >= 0.6 is 0 Å². The molecule has 1 aromatic rings. The number of aliphatic hydroxyl groups is 1. The molecule has 1 atom stereocenters. The highest BCUT2D eigenvalue weighted by Gasteiger charge is 2.19. The van der Waals surface area contributed by atoms with Gasteiger partial charge in [0.2, 0.25) is 6.75 Å². The lowest BCUT2D eigenvalue weighted by Gasteiger charge is -2.22. The highest BCUT2D eigenvalue weighted by molar-refractivity contribution is 5.56. The smallest absolute Gasteiger partial charge is 0.231 e. The van der Waals surface area contributed by atoms with Gasteiger partial charge in [0.15, 0.2) is 11.5 Å². The van der Waals surface area contributed by atoms with Gasteiger partial charge in [-0.05, 0) is 23.1 Å². The number of benzene rings is 1. The van der Waals surface area contributed by atoms with Crippen molar-refractivity contribution in [2.75, 3.05) is 6.75 Å². The molecule has 0 saturated heterocycles. The molecule has 3 heteroatoms. The standard InChI is InChI=1S/C14H18O3/c1-14(2,3)13(15)7-5-10-4-6-11-12(8-10)17-9-16-11/h4-8,13,15H,9H2,1-3H3/b7-5+/i9D2. The van der Waals surface area contributed by atoms with Gasteiger partial charge in [-0.2, -0.15) is 0 Å². The van der Waals surface area contributed by atoms with Gasteiger partial charge in [0.05, 0.1) is 6.10 Å². The van der Waals surface area contributed by atoms with Crippen molar-refractivity contribution in [1.82, 2.24) is 0 Å². The van der Waals surface area contributed by atoms with Gasteiger partial charge < -0.3 is 14.6 Å². The minimum absolute atomic E-state index is 0.218. The van der Waals surface area contributed by atoms with E-state index in [9.17, 15) is 5.11 Å². The van der Waals surface area contributed by atoms with Crippen molar-refractivity contribution in [3.8, 4) is 11.5 Å². The molecular weight excluding hydrogens is 216 g/mol. The molecule has 1 heterocycles. The van der Waals surface area contributed by atoms with Crippen LogP contribution in [0.15, 0.2) is 24.3 Å². The molecule has 0 saturated carbocycles. The number of hydrogen-bond donors (Lipinski definition) is 1. The third-order valence-electron chi connectivity index (χ3n) is 2.63. The van der Waals surface area contributed by atoms with Crippen molar-refractivity contribution < 1.29 is 17.3 Å². The van der Waals surface area contributed by atoms with Crippen LogP contribution in [0.5, 0.6) is 11.5 Å². The number of aliphatic hydroxyl groups excluding tert-OH is 1. The third kappa shape index (κ3) is 2.80. The second-order valence-electron chi connectivity index (χ2n) is 5.16. The van der Waals surface area contributed by atoms with E-state index in [-0.39, 0.29) is 5.41 Å². The van der Waals surface area contributed by atoms with E-state index in [0.29, 0.717) is 11.5 Å². The van der Waals surface area contributed by atoms with Crippen molar-refractivity contribution in [2.45, 2.75) is 26.9 Å². The third-order valence-corrected chi connectivity index (χ3v) is 2.63. The number of ether oxygens (including phenoxy) is 2. The SMILES string of the molecule is [2H]C1([2H])Oc2ccc(/C=C/C(O)C(C)(C)C)cc2O1. The van der Waals surface area contributed by atoms with Gasteiger partial charge in [0.1, 0.15) is 2.74 Å². The molecule has 0 fully saturated rings. The Morgan fingerprint density at radius 3 is 2.76 bits per heavy atom. The molecule has 1 unspecified atom stereocenters. The maximum atomic E-state index is 9.92. The fraction of sp³-hybridized carbons (Fsp3) is 0.429. The van der Waals surface area contributed by atoms with Crippen molar-refractivity contribution in [3.63, 3.8) is 0 Å². The molecule has 1 N–H and O–H groups in total. The molecule has 0 amide bonds. The predicted molar refractivity (Wildman–Crippen MR) is 67.1 cm³/mol. The maximum Gasteiger partial charge on any atom is 0.231 e. The number of hydrogen-bond acceptors (Lipinski definition) is 3. The van der Waals surface area contributed by atoms with Crippen LogP contribution in [0, 0.1) is 5.41 Å². The fourth-order valence-corrected chi connectivity index (χ4v) is 1.39. The summed E-state index contributed by atoms with van der Waals surface area (Å²) < 4.78 is 24.7. The van der Waals surface area contributed by atoms with E-state index in [1.165, 1.54) is 0 Å². The predicted octanol–water partition coefficient (Wildman–Crippen LogP) is 2.84. The first-order chi connectivity index (χ1) is 8.67. The van der Waals surface area contributed by atoms with E-state index in [2.05, 4.69) is 0 Å². The lowest BCUT2D eigenvalue weighted by molar-refractivity contribution is 0.106. The first-order valence-corrected chi connectivity index (χ1v) is 5.56. The van der Waals surface area contributed by atoms with Gasteiger partial charge in [-0.3, -0.25) is 0 Å². The molecule has 2 rings (SSSR count). The Hall–Kier alpha value is -1.48. The molecular formula is C14H18O3. The Kier molecular flexibility index (Phi) is 2.48. The highest BCUT2D eigenvalue weighted by atomic mass is 16.7. The van der Waals surface area contributed by atoms with Gasteiger partial charge in [-0.25, -0.2) is 0 Å². The summed E-state index contributed by atoms with van der Waals surface area (Å²) in [6.45, 7) is 3.76. The first kappa shape index (κ1) is 9.54. The molecule has 1 aromatic carbocycles. The van der Waals surface area contributed by atoms with Gasteiger partial charge in [-0.15, -0.1) is 0 Å². The Balaban J connectivity index is 2.15. The molecule has 17 heavy (non-hydrogen) atoms. The zero-order valence-corrected chi connectivity index (χ0v) is 10.2. The highest BCUT2D eigenvalue weighted by Crippen LogP contribution is 2.33. The molecule has 0 aromatic heterocycles. The van der Waals surface area contributed by atoms with Crippen LogP contribution in [0.4, 0.5) is 0 Å². The quantitative estimate of drug-likeness (QED) is 0.858. The first-order valence-electron chi connectivity index (χ1n) is 6.56. The maximum absolute atomic E-state index is 9.92.